The largest absolute Gasteiger partial charge is 0.358 e. The summed E-state index contributed by atoms with van der Waals surface area (Å²) < 4.78 is 0.910. The van der Waals surface area contributed by atoms with Gasteiger partial charge in [-0.25, -0.2) is 0 Å². The average Bonchev–Trinajstić information content (AvgIpc) is 3.22. The minimum absolute atomic E-state index is 0.0757. The molecule has 3 rings (SSSR count). The number of nitrogens with zero attached hydrogens (tertiary/aromatic N) is 1. The second kappa shape index (κ2) is 9.83. The van der Waals surface area contributed by atoms with E-state index in [0.717, 1.165) is 52.3 Å². The van der Waals surface area contributed by atoms with Gasteiger partial charge in [0.05, 0.1) is 11.1 Å². The second-order valence-electron chi connectivity index (χ2n) is 8.09. The highest BCUT2D eigenvalue weighted by Gasteiger charge is 2.27. The molecule has 0 spiro atoms. The SMILES string of the molecule is CCN(CC)CCNC(=O)c1c(C(C)C)[nH]c(/C=C2\C(=O)Nc3ccc(Br)cc32)c1C. The lowest BCUT2D eigenvalue weighted by molar-refractivity contribution is -0.110. The highest BCUT2D eigenvalue weighted by Crippen LogP contribution is 2.36. The van der Waals surface area contributed by atoms with Crippen molar-refractivity contribution in [1.82, 2.24) is 15.2 Å². The molecule has 0 bridgehead atoms. The molecule has 7 heteroatoms. The molecule has 2 aromatic rings. The normalized spacial score (nSPS) is 14.5. The van der Waals surface area contributed by atoms with E-state index in [1.165, 1.54) is 0 Å². The summed E-state index contributed by atoms with van der Waals surface area (Å²) in [4.78, 5) is 31.3. The van der Waals surface area contributed by atoms with Gasteiger partial charge in [-0.1, -0.05) is 43.6 Å². The molecule has 0 saturated heterocycles. The average molecular weight is 487 g/mol. The summed E-state index contributed by atoms with van der Waals surface area (Å²) in [5, 5.41) is 5.97. The Morgan fingerprint density at radius 2 is 1.97 bits per heavy atom. The monoisotopic (exact) mass is 486 g/mol. The smallest absolute Gasteiger partial charge is 0.256 e. The number of carbonyl (C=O) groups excluding carboxylic acids is 2. The van der Waals surface area contributed by atoms with Crippen LogP contribution >= 0.6 is 15.9 Å². The van der Waals surface area contributed by atoms with E-state index in [-0.39, 0.29) is 17.7 Å². The van der Waals surface area contributed by atoms with E-state index in [9.17, 15) is 9.59 Å². The Balaban J connectivity index is 1.92. The maximum atomic E-state index is 13.1. The van der Waals surface area contributed by atoms with Crippen LogP contribution in [0.4, 0.5) is 5.69 Å². The number of fused-ring (bicyclic) bond motifs is 1. The molecule has 1 aromatic carbocycles. The third-order valence-corrected chi connectivity index (χ3v) is 6.28. The Morgan fingerprint density at radius 1 is 1.26 bits per heavy atom. The Morgan fingerprint density at radius 3 is 2.61 bits per heavy atom. The highest BCUT2D eigenvalue weighted by atomic mass is 79.9. The number of halogens is 1. The van der Waals surface area contributed by atoms with Gasteiger partial charge in [-0.05, 0) is 55.8 Å². The molecule has 0 fully saturated rings. The molecule has 0 aliphatic carbocycles. The molecule has 0 saturated carbocycles. The van der Waals surface area contributed by atoms with Crippen molar-refractivity contribution in [3.05, 3.63) is 50.8 Å². The summed E-state index contributed by atoms with van der Waals surface area (Å²) in [5.41, 5.74) is 5.44. The fourth-order valence-electron chi connectivity index (χ4n) is 3.91. The quantitative estimate of drug-likeness (QED) is 0.470. The number of likely N-dealkylation sites (N-methyl/N-ethyl adjacent to an activating group) is 1. The van der Waals surface area contributed by atoms with Gasteiger partial charge in [0.1, 0.15) is 0 Å². The third-order valence-electron chi connectivity index (χ3n) is 5.78. The van der Waals surface area contributed by atoms with Crippen molar-refractivity contribution in [3.63, 3.8) is 0 Å². The first-order chi connectivity index (χ1) is 14.8. The van der Waals surface area contributed by atoms with Gasteiger partial charge in [0.25, 0.3) is 11.8 Å². The molecular formula is C24H31BrN4O2. The number of H-pyrrole nitrogens is 1. The van der Waals surface area contributed by atoms with Crippen LogP contribution in [0.5, 0.6) is 0 Å². The van der Waals surface area contributed by atoms with E-state index in [1.54, 1.807) is 0 Å². The van der Waals surface area contributed by atoms with Crippen LogP contribution < -0.4 is 10.6 Å². The van der Waals surface area contributed by atoms with Gasteiger partial charge >= 0.3 is 0 Å². The summed E-state index contributed by atoms with van der Waals surface area (Å²) in [6.45, 7) is 13.6. The van der Waals surface area contributed by atoms with Crippen molar-refractivity contribution in [1.29, 1.82) is 0 Å². The van der Waals surface area contributed by atoms with Gasteiger partial charge in [0.15, 0.2) is 0 Å². The lowest BCUT2D eigenvalue weighted by Gasteiger charge is -2.18. The van der Waals surface area contributed by atoms with Gasteiger partial charge in [0.2, 0.25) is 0 Å². The molecule has 2 heterocycles. The van der Waals surface area contributed by atoms with Crippen molar-refractivity contribution in [3.8, 4) is 0 Å². The van der Waals surface area contributed by atoms with Crippen molar-refractivity contribution in [2.45, 2.75) is 40.5 Å². The first-order valence-electron chi connectivity index (χ1n) is 10.8. The number of anilines is 1. The molecule has 1 aliphatic heterocycles. The summed E-state index contributed by atoms with van der Waals surface area (Å²) in [6, 6.07) is 5.72. The van der Waals surface area contributed by atoms with E-state index >= 15 is 0 Å². The predicted octanol–water partition coefficient (Wildman–Crippen LogP) is 4.77. The Bertz CT molecular complexity index is 1020. The predicted molar refractivity (Wildman–Crippen MR) is 130 cm³/mol. The molecule has 1 aromatic heterocycles. The topological polar surface area (TPSA) is 77.2 Å². The number of rotatable bonds is 8. The van der Waals surface area contributed by atoms with Crippen molar-refractivity contribution in [2.24, 2.45) is 0 Å². The first-order valence-corrected chi connectivity index (χ1v) is 11.6. The summed E-state index contributed by atoms with van der Waals surface area (Å²) in [6.07, 6.45) is 1.85. The minimum atomic E-state index is -0.140. The van der Waals surface area contributed by atoms with Gasteiger partial charge in [0, 0.05) is 40.2 Å². The number of aromatic nitrogens is 1. The number of nitrogens with one attached hydrogen (secondary N) is 3. The molecule has 3 N–H and O–H groups in total. The van der Waals surface area contributed by atoms with E-state index in [2.05, 4.69) is 64.1 Å². The maximum Gasteiger partial charge on any atom is 0.256 e. The summed E-state index contributed by atoms with van der Waals surface area (Å²) in [5.74, 6) is -0.0695. The van der Waals surface area contributed by atoms with E-state index < -0.39 is 0 Å². The maximum absolute atomic E-state index is 13.1. The Kier molecular flexibility index (Phi) is 7.38. The fourth-order valence-corrected chi connectivity index (χ4v) is 4.27. The molecular weight excluding hydrogens is 456 g/mol. The standard InChI is InChI=1S/C24H31BrN4O2/c1-6-29(7-2)11-10-26-24(31)21-15(5)20(27-22(21)14(3)4)13-18-17-12-16(25)8-9-19(17)28-23(18)30/h8-9,12-14,27H,6-7,10-11H2,1-5H3,(H,26,31)(H,28,30)/b18-13-. The fraction of sp³-hybridized carbons (Fsp3) is 0.417. The van der Waals surface area contributed by atoms with Gasteiger partial charge in [-0.2, -0.15) is 0 Å². The number of amides is 2. The Hall–Kier alpha value is -2.38. The zero-order chi connectivity index (χ0) is 22.7. The number of hydrogen-bond acceptors (Lipinski definition) is 3. The third kappa shape index (κ3) is 4.93. The number of carbonyl (C=O) groups is 2. The second-order valence-corrected chi connectivity index (χ2v) is 9.01. The van der Waals surface area contributed by atoms with Crippen molar-refractivity contribution >= 4 is 45.1 Å². The van der Waals surface area contributed by atoms with E-state index in [0.29, 0.717) is 17.7 Å². The lowest BCUT2D eigenvalue weighted by atomic mass is 10.0. The van der Waals surface area contributed by atoms with Gasteiger partial charge in [-0.3, -0.25) is 9.59 Å². The zero-order valence-electron chi connectivity index (χ0n) is 18.9. The molecule has 0 atom stereocenters. The first kappa shape index (κ1) is 23.3. The Labute approximate surface area is 192 Å². The van der Waals surface area contributed by atoms with Gasteiger partial charge < -0.3 is 20.5 Å². The summed E-state index contributed by atoms with van der Waals surface area (Å²) in [7, 11) is 0. The lowest BCUT2D eigenvalue weighted by Crippen LogP contribution is -2.35. The number of benzene rings is 1. The highest BCUT2D eigenvalue weighted by molar-refractivity contribution is 9.10. The molecule has 1 aliphatic rings. The molecule has 0 radical (unpaired) electrons. The van der Waals surface area contributed by atoms with Crippen LogP contribution in [0, 0.1) is 6.92 Å². The molecule has 0 unspecified atom stereocenters. The van der Waals surface area contributed by atoms with Crippen LogP contribution in [-0.4, -0.2) is 47.9 Å². The molecule has 166 valence electrons. The number of hydrogen-bond donors (Lipinski definition) is 3. The summed E-state index contributed by atoms with van der Waals surface area (Å²) >= 11 is 3.48. The van der Waals surface area contributed by atoms with Gasteiger partial charge in [-0.15, -0.1) is 0 Å². The van der Waals surface area contributed by atoms with Crippen LogP contribution in [0.15, 0.2) is 22.7 Å². The van der Waals surface area contributed by atoms with Crippen LogP contribution in [0.25, 0.3) is 11.6 Å². The van der Waals surface area contributed by atoms with Crippen LogP contribution in [0.1, 0.15) is 66.5 Å². The van der Waals surface area contributed by atoms with Crippen LogP contribution in [0.3, 0.4) is 0 Å². The zero-order valence-corrected chi connectivity index (χ0v) is 20.4. The molecule has 6 nitrogen and oxygen atoms in total. The number of aromatic amines is 1. The minimum Gasteiger partial charge on any atom is -0.358 e. The van der Waals surface area contributed by atoms with Crippen LogP contribution in [0.2, 0.25) is 0 Å². The van der Waals surface area contributed by atoms with E-state index in [1.807, 2.05) is 31.2 Å². The van der Waals surface area contributed by atoms with E-state index in [4.69, 9.17) is 0 Å². The molecule has 2 amide bonds. The van der Waals surface area contributed by atoms with Crippen molar-refractivity contribution < 1.29 is 9.59 Å². The van der Waals surface area contributed by atoms with Crippen LogP contribution in [-0.2, 0) is 4.79 Å². The van der Waals surface area contributed by atoms with Crippen molar-refractivity contribution in [2.75, 3.05) is 31.5 Å². The molecule has 31 heavy (non-hydrogen) atoms.